The minimum Gasteiger partial charge on any atom is -0.413 e. The lowest BCUT2D eigenvalue weighted by atomic mass is 9.85. The highest BCUT2D eigenvalue weighted by Gasteiger charge is 2.45. The Labute approximate surface area is 158 Å². The van der Waals surface area contributed by atoms with E-state index in [1.54, 1.807) is 17.0 Å². The highest BCUT2D eigenvalue weighted by atomic mass is 19.1. The van der Waals surface area contributed by atoms with Gasteiger partial charge in [-0.3, -0.25) is 0 Å². The summed E-state index contributed by atoms with van der Waals surface area (Å²) in [4.78, 5) is 19.0. The van der Waals surface area contributed by atoms with Crippen molar-refractivity contribution >= 4 is 18.1 Å². The van der Waals surface area contributed by atoms with E-state index in [0.29, 0.717) is 17.7 Å². The first-order valence-electron chi connectivity index (χ1n) is 9.04. The molecule has 2 atom stereocenters. The molecule has 1 fully saturated rings. The number of likely N-dealkylation sites (tertiary alicyclic amines) is 1. The van der Waals surface area contributed by atoms with Crippen molar-refractivity contribution in [2.24, 2.45) is 27.1 Å². The number of benzene rings is 1. The van der Waals surface area contributed by atoms with Crippen LogP contribution in [0.15, 0.2) is 28.3 Å². The third-order valence-corrected chi connectivity index (χ3v) is 5.26. The summed E-state index contributed by atoms with van der Waals surface area (Å²) in [5.41, 5.74) is 5.29. The van der Waals surface area contributed by atoms with Crippen molar-refractivity contribution in [3.05, 3.63) is 35.1 Å². The first kappa shape index (κ1) is 19.1. The Balaban J connectivity index is 1.91. The van der Waals surface area contributed by atoms with Gasteiger partial charge in [0.1, 0.15) is 5.82 Å². The molecule has 2 aliphatic rings. The van der Waals surface area contributed by atoms with E-state index in [-0.39, 0.29) is 23.7 Å². The molecular weight excluding hydrogens is 349 g/mol. The number of nitrogens with two attached hydrogens (primary N) is 2. The molecule has 2 heterocycles. The average Bonchev–Trinajstić information content (AvgIpc) is 3.11. The molecule has 3 rings (SSSR count). The maximum absolute atomic E-state index is 14.0. The largest absolute Gasteiger partial charge is 0.413 e. The van der Waals surface area contributed by atoms with Gasteiger partial charge in [-0.1, -0.05) is 32.9 Å². The summed E-state index contributed by atoms with van der Waals surface area (Å²) in [5, 5.41) is 3.52. The second-order valence-corrected chi connectivity index (χ2v) is 8.13. The summed E-state index contributed by atoms with van der Waals surface area (Å²) in [6.45, 7) is 6.87. The Morgan fingerprint density at radius 1 is 1.44 bits per heavy atom. The van der Waals surface area contributed by atoms with Gasteiger partial charge >= 0.3 is 6.09 Å². The molecule has 146 valence electrons. The van der Waals surface area contributed by atoms with E-state index in [1.165, 1.54) is 12.3 Å². The van der Waals surface area contributed by atoms with Crippen molar-refractivity contribution in [2.45, 2.75) is 51.8 Å². The van der Waals surface area contributed by atoms with E-state index in [9.17, 15) is 9.18 Å². The minimum atomic E-state index is -1.57. The highest BCUT2D eigenvalue weighted by Crippen LogP contribution is 2.35. The van der Waals surface area contributed by atoms with Crippen LogP contribution in [0.25, 0.3) is 0 Å². The number of halogens is 1. The third-order valence-electron chi connectivity index (χ3n) is 5.26. The van der Waals surface area contributed by atoms with Gasteiger partial charge in [0.25, 0.3) is 5.72 Å². The number of amides is 1. The summed E-state index contributed by atoms with van der Waals surface area (Å²) in [7, 11) is 0. The topological polar surface area (TPSA) is 106 Å². The highest BCUT2D eigenvalue weighted by molar-refractivity contribution is 5.96. The van der Waals surface area contributed by atoms with Gasteiger partial charge in [0.05, 0.1) is 0 Å². The predicted octanol–water partition coefficient (Wildman–Crippen LogP) is 2.38. The molecule has 1 saturated heterocycles. The van der Waals surface area contributed by atoms with Gasteiger partial charge in [0, 0.05) is 30.8 Å². The molecule has 0 saturated carbocycles. The van der Waals surface area contributed by atoms with Gasteiger partial charge in [0.2, 0.25) is 0 Å². The molecule has 4 N–H and O–H groups in total. The summed E-state index contributed by atoms with van der Waals surface area (Å²) >= 11 is 0. The number of aliphatic imine (C=N–C) groups is 1. The van der Waals surface area contributed by atoms with Crippen LogP contribution in [0.3, 0.4) is 0 Å². The molecular formula is C19H26FN5O2. The van der Waals surface area contributed by atoms with E-state index >= 15 is 0 Å². The van der Waals surface area contributed by atoms with E-state index in [0.717, 1.165) is 12.8 Å². The van der Waals surface area contributed by atoms with Crippen LogP contribution in [-0.4, -0.2) is 41.4 Å². The van der Waals surface area contributed by atoms with Crippen molar-refractivity contribution in [3.8, 4) is 0 Å². The molecule has 0 spiro atoms. The lowest BCUT2D eigenvalue weighted by Crippen LogP contribution is -2.53. The lowest BCUT2D eigenvalue weighted by Gasteiger charge is -2.38. The molecule has 0 bridgehead atoms. The van der Waals surface area contributed by atoms with Crippen molar-refractivity contribution in [2.75, 3.05) is 6.54 Å². The molecule has 0 radical (unpaired) electrons. The zero-order valence-corrected chi connectivity index (χ0v) is 15.9. The number of hydrazone groups is 1. The van der Waals surface area contributed by atoms with Crippen LogP contribution in [0.5, 0.6) is 0 Å². The van der Waals surface area contributed by atoms with Crippen LogP contribution in [0.4, 0.5) is 9.18 Å². The Hall–Kier alpha value is -2.64. The molecule has 8 heteroatoms. The molecule has 1 aromatic rings. The van der Waals surface area contributed by atoms with Crippen LogP contribution in [0.2, 0.25) is 0 Å². The molecule has 0 aromatic heterocycles. The molecule has 27 heavy (non-hydrogen) atoms. The monoisotopic (exact) mass is 375 g/mol. The zero-order chi connectivity index (χ0) is 19.8. The standard InChI is InChI=1S/C19H26FN5O2/c1-18(2,3)15-8-5-9-25(15)17(26)27-19(16(21)24-22)10-12-6-4-7-14(20)13(12)11-23-19/h4,6-7,11,15H,5,8-10,22H2,1-3H3,(H2,21,24). The fraction of sp³-hybridized carbons (Fsp3) is 0.526. The van der Waals surface area contributed by atoms with Crippen molar-refractivity contribution < 1.29 is 13.9 Å². The van der Waals surface area contributed by atoms with Crippen LogP contribution in [0, 0.1) is 11.2 Å². The SMILES string of the molecule is CC(C)(C)C1CCCN1C(=O)OC1(C(N)=NN)Cc2cccc(F)c2C=N1. The number of hydrogen-bond acceptors (Lipinski definition) is 5. The van der Waals surface area contributed by atoms with Crippen molar-refractivity contribution in [1.82, 2.24) is 4.90 Å². The van der Waals surface area contributed by atoms with E-state index in [1.807, 2.05) is 0 Å². The number of fused-ring (bicyclic) bond motifs is 1. The van der Waals surface area contributed by atoms with Gasteiger partial charge < -0.3 is 21.2 Å². The Kier molecular flexibility index (Phi) is 4.84. The second-order valence-electron chi connectivity index (χ2n) is 8.13. The predicted molar refractivity (Wildman–Crippen MR) is 102 cm³/mol. The molecule has 1 amide bonds. The Bertz CT molecular complexity index is 802. The van der Waals surface area contributed by atoms with E-state index < -0.39 is 17.6 Å². The fourth-order valence-electron chi connectivity index (χ4n) is 3.81. The second kappa shape index (κ2) is 6.83. The van der Waals surface area contributed by atoms with Gasteiger partial charge in [0.15, 0.2) is 5.84 Å². The van der Waals surface area contributed by atoms with E-state index in [4.69, 9.17) is 16.3 Å². The number of hydrogen-bond donors (Lipinski definition) is 2. The minimum absolute atomic E-state index is 0.0513. The number of nitrogens with zero attached hydrogens (tertiary/aromatic N) is 3. The van der Waals surface area contributed by atoms with Gasteiger partial charge in [-0.05, 0) is 29.9 Å². The maximum Gasteiger partial charge on any atom is 0.412 e. The third kappa shape index (κ3) is 3.48. The number of amidine groups is 1. The van der Waals surface area contributed by atoms with Gasteiger partial charge in [-0.25, -0.2) is 14.2 Å². The van der Waals surface area contributed by atoms with Crippen LogP contribution in [0.1, 0.15) is 44.7 Å². The van der Waals surface area contributed by atoms with Gasteiger partial charge in [-0.15, -0.1) is 0 Å². The maximum atomic E-state index is 14.0. The first-order valence-corrected chi connectivity index (χ1v) is 9.04. The van der Waals surface area contributed by atoms with Crippen LogP contribution >= 0.6 is 0 Å². The lowest BCUT2D eigenvalue weighted by molar-refractivity contribution is 0.0214. The molecule has 7 nitrogen and oxygen atoms in total. The molecule has 1 aromatic carbocycles. The number of rotatable bonds is 2. The summed E-state index contributed by atoms with van der Waals surface area (Å²) < 4.78 is 19.8. The summed E-state index contributed by atoms with van der Waals surface area (Å²) in [5.74, 6) is 4.85. The normalized spacial score (nSPS) is 25.4. The van der Waals surface area contributed by atoms with Crippen molar-refractivity contribution in [1.29, 1.82) is 0 Å². The molecule has 2 unspecified atom stereocenters. The fourth-order valence-corrected chi connectivity index (χ4v) is 3.81. The number of ether oxygens (including phenoxy) is 1. The first-order chi connectivity index (χ1) is 12.7. The van der Waals surface area contributed by atoms with Crippen molar-refractivity contribution in [3.63, 3.8) is 0 Å². The zero-order valence-electron chi connectivity index (χ0n) is 15.9. The average molecular weight is 375 g/mol. The molecule has 0 aliphatic carbocycles. The Morgan fingerprint density at radius 3 is 2.85 bits per heavy atom. The van der Waals surface area contributed by atoms with Crippen LogP contribution < -0.4 is 11.6 Å². The Morgan fingerprint density at radius 2 is 2.19 bits per heavy atom. The summed E-state index contributed by atoms with van der Waals surface area (Å²) in [6.07, 6.45) is 2.69. The summed E-state index contributed by atoms with van der Waals surface area (Å²) in [6, 6.07) is 4.73. The van der Waals surface area contributed by atoms with E-state index in [2.05, 4.69) is 30.9 Å². The van der Waals surface area contributed by atoms with Gasteiger partial charge in [-0.2, -0.15) is 5.10 Å². The molecule has 2 aliphatic heterocycles. The number of carbonyl (C=O) groups excluding carboxylic acids is 1. The van der Waals surface area contributed by atoms with Crippen LogP contribution in [-0.2, 0) is 11.2 Å². The quantitative estimate of drug-likeness (QED) is 0.358. The number of carbonyl (C=O) groups is 1. The smallest absolute Gasteiger partial charge is 0.412 e.